The lowest BCUT2D eigenvalue weighted by molar-refractivity contribution is -0.151. The minimum atomic E-state index is -1.42. The average Bonchev–Trinajstić information content (AvgIpc) is 3.48. The maximum atomic E-state index is 13.5. The molecule has 13 heteroatoms. The third-order valence-electron chi connectivity index (χ3n) is 10.6. The summed E-state index contributed by atoms with van der Waals surface area (Å²) in [5, 5.41) is 11.7. The van der Waals surface area contributed by atoms with Gasteiger partial charge in [-0.2, -0.15) is 0 Å². The van der Waals surface area contributed by atoms with E-state index in [2.05, 4.69) is 5.32 Å². The maximum absolute atomic E-state index is 13.5. The number of nitrogens with one attached hydrogen (secondary N) is 1. The molecule has 0 aliphatic carbocycles. The number of aliphatic carboxylic acids is 1. The van der Waals surface area contributed by atoms with Gasteiger partial charge in [-0.05, 0) is 95.3 Å². The second-order valence-corrected chi connectivity index (χ2v) is 16.2. The molecule has 57 heavy (non-hydrogen) atoms. The van der Waals surface area contributed by atoms with Crippen LogP contribution in [0, 0.1) is 17.8 Å². The van der Waals surface area contributed by atoms with Gasteiger partial charge < -0.3 is 34.3 Å². The molecule has 0 radical (unpaired) electrons. The van der Waals surface area contributed by atoms with Gasteiger partial charge in [-0.1, -0.05) is 25.5 Å². The van der Waals surface area contributed by atoms with E-state index in [9.17, 15) is 28.8 Å². The van der Waals surface area contributed by atoms with Crippen LogP contribution in [0.1, 0.15) is 123 Å². The second kappa shape index (κ2) is 16.4. The van der Waals surface area contributed by atoms with E-state index >= 15 is 0 Å². The number of fused-ring (bicyclic) bond motifs is 6. The van der Waals surface area contributed by atoms with Crippen molar-refractivity contribution in [3.05, 3.63) is 88.0 Å². The quantitative estimate of drug-likeness (QED) is 0.105. The minimum Gasteiger partial charge on any atom is -0.481 e. The Kier molecular flexibility index (Phi) is 11.4. The molecule has 2 amide bonds. The van der Waals surface area contributed by atoms with Crippen LogP contribution in [-0.4, -0.2) is 71.9 Å². The van der Waals surface area contributed by atoms with Gasteiger partial charge in [-0.15, -0.1) is 0 Å². The number of carboxylic acid groups (broad SMARTS) is 1. The highest BCUT2D eigenvalue weighted by atomic mass is 16.6. The van der Waals surface area contributed by atoms with E-state index in [0.717, 1.165) is 5.56 Å². The van der Waals surface area contributed by atoms with Crippen LogP contribution in [0.2, 0.25) is 0 Å². The van der Waals surface area contributed by atoms with Gasteiger partial charge >= 0.3 is 23.9 Å². The lowest BCUT2D eigenvalue weighted by Gasteiger charge is -2.39. The van der Waals surface area contributed by atoms with Crippen LogP contribution in [0.5, 0.6) is 17.2 Å². The molecule has 3 aliphatic heterocycles. The molecule has 1 unspecified atom stereocenters. The number of rotatable bonds is 13. The van der Waals surface area contributed by atoms with Gasteiger partial charge in [0.2, 0.25) is 5.91 Å². The standard InChI is InChI=1S/C44H50N2O11/c1-27-10-14-31-34(23-27)56-35-25-29(55-41(53)42(2,3)4)12-15-32(35)44(31)33-24-28(11-13-30(33)40(52)57-44)39(51)45-20-8-6-7-9-36(47)46-21-18-43(5,19-22-46)26-54-38(50)17-16-37(48)49/h10-15,23-25H,6-9,16-22,26H2,1-5H3,(H,45,51)(H,48,49)/i5T. The summed E-state index contributed by atoms with van der Waals surface area (Å²) < 4.78 is 31.6. The summed E-state index contributed by atoms with van der Waals surface area (Å²) in [6, 6.07) is 15.4. The van der Waals surface area contributed by atoms with Gasteiger partial charge in [0.05, 0.1) is 30.4 Å². The van der Waals surface area contributed by atoms with E-state index < -0.39 is 40.3 Å². The van der Waals surface area contributed by atoms with Crippen LogP contribution in [-0.2, 0) is 34.3 Å². The number of nitrogens with zero attached hydrogens (tertiary/aromatic N) is 1. The van der Waals surface area contributed by atoms with Crippen molar-refractivity contribution in [1.82, 2.24) is 10.2 Å². The summed E-state index contributed by atoms with van der Waals surface area (Å²) in [7, 11) is 0. The van der Waals surface area contributed by atoms with E-state index in [1.165, 1.54) is 0 Å². The number of carbonyl (C=O) groups excluding carboxylic acids is 5. The van der Waals surface area contributed by atoms with E-state index in [4.69, 9.17) is 25.4 Å². The van der Waals surface area contributed by atoms with Crippen LogP contribution in [0.4, 0.5) is 0 Å². The topological polar surface area (TPSA) is 175 Å². The van der Waals surface area contributed by atoms with Gasteiger partial charge in [-0.3, -0.25) is 24.0 Å². The number of benzene rings is 3. The first-order valence-corrected chi connectivity index (χ1v) is 19.3. The third kappa shape index (κ3) is 8.97. The lowest BCUT2D eigenvalue weighted by atomic mass is 9.77. The summed E-state index contributed by atoms with van der Waals surface area (Å²) in [6.07, 6.45) is 2.85. The van der Waals surface area contributed by atoms with Crippen molar-refractivity contribution in [2.45, 2.75) is 91.6 Å². The fraction of sp³-hybridized carbons (Fsp3) is 0.455. The van der Waals surface area contributed by atoms with Gasteiger partial charge in [0.1, 0.15) is 17.2 Å². The number of likely N-dealkylation sites (tertiary alicyclic amines) is 1. The van der Waals surface area contributed by atoms with Crippen molar-refractivity contribution in [2.75, 3.05) is 26.2 Å². The summed E-state index contributed by atoms with van der Waals surface area (Å²) in [6.45, 7) is 8.56. The second-order valence-electron chi connectivity index (χ2n) is 16.2. The number of esters is 3. The molecular formula is C44H50N2O11. The summed E-state index contributed by atoms with van der Waals surface area (Å²) in [5.74, 6) is -1.86. The minimum absolute atomic E-state index is 0.0125. The average molecular weight is 785 g/mol. The molecule has 3 aliphatic rings. The Morgan fingerprint density at radius 1 is 0.895 bits per heavy atom. The van der Waals surface area contributed by atoms with Crippen molar-refractivity contribution in [3.63, 3.8) is 0 Å². The fourth-order valence-corrected chi connectivity index (χ4v) is 7.20. The van der Waals surface area contributed by atoms with Crippen LogP contribution < -0.4 is 14.8 Å². The number of carbonyl (C=O) groups is 6. The largest absolute Gasteiger partial charge is 0.481 e. The number of piperidine rings is 1. The summed E-state index contributed by atoms with van der Waals surface area (Å²) in [4.78, 5) is 77.0. The number of ether oxygens (including phenoxy) is 4. The SMILES string of the molecule is [3H]CC1(COC(=O)CCC(=O)O)CCN(C(=O)CCCCCNC(=O)c2ccc3c(c2)C2(OC3=O)c3ccc(C)cc3Oc3cc(OC(=O)C(C)(C)C)ccc32)CC1. The van der Waals surface area contributed by atoms with E-state index in [1.54, 1.807) is 62.1 Å². The number of carboxylic acids is 1. The summed E-state index contributed by atoms with van der Waals surface area (Å²) in [5.41, 5.74) is 0.478. The first kappa shape index (κ1) is 39.5. The predicted octanol–water partition coefficient (Wildman–Crippen LogP) is 6.84. The molecule has 6 rings (SSSR count). The fourth-order valence-electron chi connectivity index (χ4n) is 7.20. The van der Waals surface area contributed by atoms with Crippen molar-refractivity contribution in [3.8, 4) is 17.2 Å². The van der Waals surface area contributed by atoms with Crippen LogP contribution in [0.15, 0.2) is 54.6 Å². The summed E-state index contributed by atoms with van der Waals surface area (Å²) >= 11 is 0. The van der Waals surface area contributed by atoms with Gasteiger partial charge in [-0.25, -0.2) is 4.79 Å². The number of unbranched alkanes of at least 4 members (excludes halogenated alkanes) is 2. The number of aryl methyl sites for hydroxylation is 1. The monoisotopic (exact) mass is 784 g/mol. The highest BCUT2D eigenvalue weighted by Gasteiger charge is 2.54. The Bertz CT molecular complexity index is 2120. The number of amides is 2. The van der Waals surface area contributed by atoms with Crippen molar-refractivity contribution < 1.29 is 54.2 Å². The zero-order chi connectivity index (χ0) is 41.8. The van der Waals surface area contributed by atoms with E-state index in [0.29, 0.717) is 97.5 Å². The van der Waals surface area contributed by atoms with E-state index in [-0.39, 0.29) is 43.9 Å². The molecule has 0 bridgehead atoms. The normalized spacial score (nSPS) is 17.9. The molecule has 1 spiro atoms. The lowest BCUT2D eigenvalue weighted by Crippen LogP contribution is -2.44. The predicted molar refractivity (Wildman–Crippen MR) is 207 cm³/mol. The molecule has 3 aromatic rings. The molecule has 0 saturated carbocycles. The molecule has 1 atom stereocenters. The van der Waals surface area contributed by atoms with Crippen LogP contribution >= 0.6 is 0 Å². The molecule has 1 fully saturated rings. The molecule has 13 nitrogen and oxygen atoms in total. The Hall–Kier alpha value is -5.72. The Morgan fingerprint density at radius 2 is 1.61 bits per heavy atom. The highest BCUT2D eigenvalue weighted by Crippen LogP contribution is 2.57. The smallest absolute Gasteiger partial charge is 0.340 e. The first-order valence-electron chi connectivity index (χ1n) is 20.0. The Balaban J connectivity index is 1.05. The third-order valence-corrected chi connectivity index (χ3v) is 10.6. The van der Waals surface area contributed by atoms with Crippen molar-refractivity contribution in [1.29, 1.82) is 0 Å². The molecule has 0 aromatic heterocycles. The molecule has 3 aromatic carbocycles. The number of hydrogen-bond donors (Lipinski definition) is 2. The zero-order valence-corrected chi connectivity index (χ0v) is 32.9. The van der Waals surface area contributed by atoms with Crippen molar-refractivity contribution in [2.24, 2.45) is 10.8 Å². The molecule has 2 N–H and O–H groups in total. The molecule has 302 valence electrons. The van der Waals surface area contributed by atoms with Crippen molar-refractivity contribution >= 4 is 35.7 Å². The van der Waals surface area contributed by atoms with Gasteiger partial charge in [0, 0.05) is 61.2 Å². The van der Waals surface area contributed by atoms with Crippen LogP contribution in [0.3, 0.4) is 0 Å². The number of hydrogen-bond acceptors (Lipinski definition) is 10. The van der Waals surface area contributed by atoms with E-state index in [1.807, 2.05) is 25.1 Å². The molecular weight excluding hydrogens is 732 g/mol. The van der Waals surface area contributed by atoms with Gasteiger partial charge in [0.15, 0.2) is 5.60 Å². The highest BCUT2D eigenvalue weighted by molar-refractivity contribution is 6.00. The van der Waals surface area contributed by atoms with Gasteiger partial charge in [0.25, 0.3) is 5.91 Å². The maximum Gasteiger partial charge on any atom is 0.340 e. The Labute approximate surface area is 333 Å². The molecule has 3 heterocycles. The first-order chi connectivity index (χ1) is 27.5. The zero-order valence-electron chi connectivity index (χ0n) is 33.9. The molecule has 1 saturated heterocycles. The Morgan fingerprint density at radius 3 is 2.32 bits per heavy atom. The van der Waals surface area contributed by atoms with Crippen LogP contribution in [0.25, 0.3) is 0 Å².